The summed E-state index contributed by atoms with van der Waals surface area (Å²) in [5, 5.41) is 7.47. The molecule has 2 aromatic carbocycles. The van der Waals surface area contributed by atoms with Gasteiger partial charge in [-0.1, -0.05) is 41.0 Å². The number of nitrogens with one attached hydrogen (secondary N) is 1. The van der Waals surface area contributed by atoms with Crippen molar-refractivity contribution in [2.45, 2.75) is 26.7 Å². The van der Waals surface area contributed by atoms with E-state index >= 15 is 0 Å². The summed E-state index contributed by atoms with van der Waals surface area (Å²) in [7, 11) is 0. The maximum atomic E-state index is 12.2. The van der Waals surface area contributed by atoms with Crippen LogP contribution >= 0.6 is 11.6 Å². The van der Waals surface area contributed by atoms with Crippen molar-refractivity contribution in [2.24, 2.45) is 0 Å². The third-order valence-electron chi connectivity index (χ3n) is 3.78. The van der Waals surface area contributed by atoms with Crippen LogP contribution in [0, 0.1) is 13.8 Å². The molecule has 0 atom stereocenters. The molecule has 6 heteroatoms. The number of amides is 1. The molecule has 25 heavy (non-hydrogen) atoms. The standard InChI is InChI=1S/C19H18ClN3O2/c1-12-6-7-13(2)16(10-12)21-17(24)8-9-18-22-19(23-25-18)14-4-3-5-15(20)11-14/h3-7,10-11H,8-9H2,1-2H3,(H,21,24). The number of hydrogen-bond donors (Lipinski definition) is 1. The van der Waals surface area contributed by atoms with Crippen LogP contribution in [0.4, 0.5) is 5.69 Å². The summed E-state index contributed by atoms with van der Waals surface area (Å²) in [5.41, 5.74) is 3.74. The number of benzene rings is 2. The summed E-state index contributed by atoms with van der Waals surface area (Å²) in [4.78, 5) is 16.5. The Balaban J connectivity index is 1.60. The quantitative estimate of drug-likeness (QED) is 0.727. The Labute approximate surface area is 151 Å². The summed E-state index contributed by atoms with van der Waals surface area (Å²) in [6, 6.07) is 13.2. The number of rotatable bonds is 5. The summed E-state index contributed by atoms with van der Waals surface area (Å²) in [5.74, 6) is 0.801. The SMILES string of the molecule is Cc1ccc(C)c(NC(=O)CCc2nc(-c3cccc(Cl)c3)no2)c1. The Kier molecular flexibility index (Phi) is 5.14. The molecule has 3 rings (SSSR count). The molecule has 5 nitrogen and oxygen atoms in total. The molecule has 0 fully saturated rings. The second-order valence-electron chi connectivity index (χ2n) is 5.89. The number of anilines is 1. The van der Waals surface area contributed by atoms with Crippen LogP contribution in [0.1, 0.15) is 23.4 Å². The summed E-state index contributed by atoms with van der Waals surface area (Å²) in [6.07, 6.45) is 0.648. The molecule has 1 amide bonds. The third-order valence-corrected chi connectivity index (χ3v) is 4.02. The minimum Gasteiger partial charge on any atom is -0.339 e. The molecule has 0 aliphatic heterocycles. The average Bonchev–Trinajstić information content (AvgIpc) is 3.05. The van der Waals surface area contributed by atoms with Crippen molar-refractivity contribution in [1.82, 2.24) is 10.1 Å². The van der Waals surface area contributed by atoms with Gasteiger partial charge in [0.15, 0.2) is 0 Å². The predicted octanol–water partition coefficient (Wildman–Crippen LogP) is 4.58. The second-order valence-corrected chi connectivity index (χ2v) is 6.33. The molecular weight excluding hydrogens is 338 g/mol. The first-order valence-corrected chi connectivity index (χ1v) is 8.35. The first-order valence-electron chi connectivity index (χ1n) is 7.97. The van der Waals surface area contributed by atoms with E-state index in [9.17, 15) is 4.79 Å². The van der Waals surface area contributed by atoms with Crippen LogP contribution in [0.25, 0.3) is 11.4 Å². The van der Waals surface area contributed by atoms with Crippen molar-refractivity contribution in [3.05, 3.63) is 64.5 Å². The molecule has 0 aliphatic rings. The molecule has 0 saturated carbocycles. The van der Waals surface area contributed by atoms with E-state index in [2.05, 4.69) is 15.5 Å². The van der Waals surface area contributed by atoms with Crippen molar-refractivity contribution in [3.63, 3.8) is 0 Å². The van der Waals surface area contributed by atoms with Crippen molar-refractivity contribution in [1.29, 1.82) is 0 Å². The zero-order valence-corrected chi connectivity index (χ0v) is 14.8. The number of carbonyl (C=O) groups is 1. The molecule has 0 saturated heterocycles. The van der Waals surface area contributed by atoms with E-state index in [1.54, 1.807) is 12.1 Å². The highest BCUT2D eigenvalue weighted by molar-refractivity contribution is 6.30. The molecule has 1 N–H and O–H groups in total. The van der Waals surface area contributed by atoms with Gasteiger partial charge in [0.05, 0.1) is 0 Å². The van der Waals surface area contributed by atoms with Crippen molar-refractivity contribution in [3.8, 4) is 11.4 Å². The van der Waals surface area contributed by atoms with Gasteiger partial charge in [-0.05, 0) is 43.2 Å². The highest BCUT2D eigenvalue weighted by Crippen LogP contribution is 2.20. The van der Waals surface area contributed by atoms with Gasteiger partial charge in [-0.2, -0.15) is 4.98 Å². The van der Waals surface area contributed by atoms with E-state index in [-0.39, 0.29) is 12.3 Å². The van der Waals surface area contributed by atoms with E-state index in [1.165, 1.54) is 0 Å². The molecule has 0 spiro atoms. The molecule has 128 valence electrons. The second kappa shape index (κ2) is 7.49. The number of aryl methyl sites for hydroxylation is 3. The maximum absolute atomic E-state index is 12.2. The number of aromatic nitrogens is 2. The van der Waals surface area contributed by atoms with E-state index in [4.69, 9.17) is 16.1 Å². The number of hydrogen-bond acceptors (Lipinski definition) is 4. The molecular formula is C19H18ClN3O2. The van der Waals surface area contributed by atoms with E-state index < -0.39 is 0 Å². The Morgan fingerprint density at radius 1 is 1.20 bits per heavy atom. The minimum absolute atomic E-state index is 0.0868. The van der Waals surface area contributed by atoms with Crippen LogP contribution in [0.2, 0.25) is 5.02 Å². The van der Waals surface area contributed by atoms with Crippen molar-refractivity contribution < 1.29 is 9.32 Å². The Morgan fingerprint density at radius 2 is 2.04 bits per heavy atom. The number of nitrogens with zero attached hydrogens (tertiary/aromatic N) is 2. The monoisotopic (exact) mass is 355 g/mol. The fourth-order valence-electron chi connectivity index (χ4n) is 2.40. The topological polar surface area (TPSA) is 68.0 Å². The van der Waals surface area contributed by atoms with Gasteiger partial charge in [-0.15, -0.1) is 0 Å². The van der Waals surface area contributed by atoms with Gasteiger partial charge in [0, 0.05) is 29.1 Å². The highest BCUT2D eigenvalue weighted by Gasteiger charge is 2.12. The zero-order valence-electron chi connectivity index (χ0n) is 14.0. The Morgan fingerprint density at radius 3 is 2.84 bits per heavy atom. The molecule has 1 heterocycles. The molecule has 3 aromatic rings. The zero-order chi connectivity index (χ0) is 17.8. The van der Waals surface area contributed by atoms with Gasteiger partial charge in [0.1, 0.15) is 0 Å². The minimum atomic E-state index is -0.0868. The van der Waals surface area contributed by atoms with Crippen LogP contribution in [0.3, 0.4) is 0 Å². The predicted molar refractivity (Wildman–Crippen MR) is 97.6 cm³/mol. The molecule has 0 bridgehead atoms. The third kappa shape index (κ3) is 4.45. The normalized spacial score (nSPS) is 10.7. The van der Waals surface area contributed by atoms with Crippen LogP contribution in [0.5, 0.6) is 0 Å². The molecule has 0 unspecified atom stereocenters. The van der Waals surface area contributed by atoms with Crippen molar-refractivity contribution in [2.75, 3.05) is 5.32 Å². The lowest BCUT2D eigenvalue weighted by molar-refractivity contribution is -0.116. The van der Waals surface area contributed by atoms with Crippen LogP contribution < -0.4 is 5.32 Å². The lowest BCUT2D eigenvalue weighted by Gasteiger charge is -2.08. The lowest BCUT2D eigenvalue weighted by atomic mass is 10.1. The van der Waals surface area contributed by atoms with Crippen LogP contribution in [-0.4, -0.2) is 16.0 Å². The van der Waals surface area contributed by atoms with E-state index in [0.717, 1.165) is 22.4 Å². The largest absolute Gasteiger partial charge is 0.339 e. The fraction of sp³-hybridized carbons (Fsp3) is 0.211. The number of halogens is 1. The average molecular weight is 356 g/mol. The van der Waals surface area contributed by atoms with Gasteiger partial charge >= 0.3 is 0 Å². The molecule has 1 aromatic heterocycles. The first kappa shape index (κ1) is 17.2. The Hall–Kier alpha value is -2.66. The Bertz CT molecular complexity index is 905. The smallest absolute Gasteiger partial charge is 0.227 e. The van der Waals surface area contributed by atoms with Gasteiger partial charge in [-0.25, -0.2) is 0 Å². The van der Waals surface area contributed by atoms with Crippen LogP contribution in [0.15, 0.2) is 47.0 Å². The highest BCUT2D eigenvalue weighted by atomic mass is 35.5. The fourth-order valence-corrected chi connectivity index (χ4v) is 2.60. The van der Waals surface area contributed by atoms with Gasteiger partial charge in [0.2, 0.25) is 17.6 Å². The summed E-state index contributed by atoms with van der Waals surface area (Å²) < 4.78 is 5.22. The van der Waals surface area contributed by atoms with E-state index in [1.807, 2.05) is 44.2 Å². The van der Waals surface area contributed by atoms with Gasteiger partial charge in [0.25, 0.3) is 0 Å². The van der Waals surface area contributed by atoms with Crippen molar-refractivity contribution >= 4 is 23.2 Å². The van der Waals surface area contributed by atoms with Gasteiger partial charge < -0.3 is 9.84 Å². The van der Waals surface area contributed by atoms with Gasteiger partial charge in [-0.3, -0.25) is 4.79 Å². The molecule has 0 radical (unpaired) electrons. The maximum Gasteiger partial charge on any atom is 0.227 e. The summed E-state index contributed by atoms with van der Waals surface area (Å²) in [6.45, 7) is 3.95. The van der Waals surface area contributed by atoms with Crippen LogP contribution in [-0.2, 0) is 11.2 Å². The molecule has 0 aliphatic carbocycles. The lowest BCUT2D eigenvalue weighted by Crippen LogP contribution is -2.13. The summed E-state index contributed by atoms with van der Waals surface area (Å²) >= 11 is 5.97. The first-order chi connectivity index (χ1) is 12.0. The number of carbonyl (C=O) groups excluding carboxylic acids is 1. The van der Waals surface area contributed by atoms with E-state index in [0.29, 0.717) is 23.2 Å².